The van der Waals surface area contributed by atoms with E-state index in [1.165, 1.54) is 0 Å². The second kappa shape index (κ2) is 2.59. The molecule has 0 amide bonds. The Morgan fingerprint density at radius 1 is 1.42 bits per heavy atom. The SMILES string of the molecule is O=C1[C]N(F)c2ccccc2C1. The summed E-state index contributed by atoms with van der Waals surface area (Å²) in [4.78, 5) is 10.8. The first-order valence-electron chi connectivity index (χ1n) is 3.60. The highest BCUT2D eigenvalue weighted by molar-refractivity contribution is 5.95. The van der Waals surface area contributed by atoms with E-state index in [0.717, 1.165) is 0 Å². The average Bonchev–Trinajstić information content (AvgIpc) is 2.04. The summed E-state index contributed by atoms with van der Waals surface area (Å²) in [5.41, 5.74) is 1.13. The van der Waals surface area contributed by atoms with Gasteiger partial charge in [-0.15, -0.1) is 0 Å². The Balaban J connectivity index is 2.47. The zero-order chi connectivity index (χ0) is 8.55. The van der Waals surface area contributed by atoms with Crippen LogP contribution >= 0.6 is 0 Å². The number of hydrogen-bond donors (Lipinski definition) is 0. The Kier molecular flexibility index (Phi) is 1.57. The maximum atomic E-state index is 12.9. The van der Waals surface area contributed by atoms with E-state index < -0.39 is 0 Å². The number of halogens is 1. The maximum absolute atomic E-state index is 12.9. The third-order valence-corrected chi connectivity index (χ3v) is 1.78. The van der Waals surface area contributed by atoms with E-state index in [4.69, 9.17) is 0 Å². The van der Waals surface area contributed by atoms with Crippen LogP contribution in [0.25, 0.3) is 0 Å². The number of fused-ring (bicyclic) bond motifs is 1. The summed E-state index contributed by atoms with van der Waals surface area (Å²) in [6.07, 6.45) is 0.247. The highest BCUT2D eigenvalue weighted by Crippen LogP contribution is 2.26. The zero-order valence-corrected chi connectivity index (χ0v) is 6.25. The van der Waals surface area contributed by atoms with Gasteiger partial charge in [0.25, 0.3) is 0 Å². The first-order chi connectivity index (χ1) is 5.77. The number of rotatable bonds is 0. The smallest absolute Gasteiger partial charge is 0.202 e. The quantitative estimate of drug-likeness (QED) is 0.541. The second-order valence-corrected chi connectivity index (χ2v) is 2.62. The number of carbonyl (C=O) groups is 1. The molecule has 3 heteroatoms. The Hall–Kier alpha value is -1.38. The van der Waals surface area contributed by atoms with Gasteiger partial charge in [0, 0.05) is 6.42 Å². The van der Waals surface area contributed by atoms with Gasteiger partial charge in [0.05, 0.1) is 5.69 Å². The molecule has 0 saturated carbocycles. The molecule has 0 bridgehead atoms. The first kappa shape index (κ1) is 7.28. The summed E-state index contributed by atoms with van der Waals surface area (Å²) in [6.45, 7) is 2.06. The van der Waals surface area contributed by atoms with E-state index in [1.54, 1.807) is 24.3 Å². The first-order valence-corrected chi connectivity index (χ1v) is 3.60. The van der Waals surface area contributed by atoms with Crippen molar-refractivity contribution in [2.24, 2.45) is 0 Å². The molecule has 0 aliphatic carbocycles. The molecule has 0 spiro atoms. The average molecular weight is 163 g/mol. The number of ketones is 1. The lowest BCUT2D eigenvalue weighted by Crippen LogP contribution is -2.23. The number of carbonyl (C=O) groups excluding carboxylic acids is 1. The summed E-state index contributed by atoms with van der Waals surface area (Å²) < 4.78 is 12.9. The van der Waals surface area contributed by atoms with Crippen molar-refractivity contribution in [3.05, 3.63) is 36.4 Å². The normalized spacial score (nSPS) is 16.1. The Bertz CT molecular complexity index is 324. The van der Waals surface area contributed by atoms with Crippen LogP contribution in [0, 0.1) is 6.54 Å². The molecule has 60 valence electrons. The third kappa shape index (κ3) is 1.07. The van der Waals surface area contributed by atoms with E-state index in [9.17, 15) is 9.28 Å². The van der Waals surface area contributed by atoms with E-state index >= 15 is 0 Å². The number of benzene rings is 1. The fraction of sp³-hybridized carbons (Fsp3) is 0.111. The predicted molar refractivity (Wildman–Crippen MR) is 42.0 cm³/mol. The molecule has 1 heterocycles. The van der Waals surface area contributed by atoms with Crippen molar-refractivity contribution >= 4 is 11.5 Å². The van der Waals surface area contributed by atoms with E-state index in [2.05, 4.69) is 6.54 Å². The zero-order valence-electron chi connectivity index (χ0n) is 6.25. The fourth-order valence-electron chi connectivity index (χ4n) is 1.23. The number of Topliss-reactive ketones (excluding diaryl/α,β-unsaturated/α-hetero) is 1. The molecule has 0 unspecified atom stereocenters. The van der Waals surface area contributed by atoms with Gasteiger partial charge in [-0.2, -0.15) is 5.12 Å². The summed E-state index contributed by atoms with van der Waals surface area (Å²) >= 11 is 0. The fourth-order valence-corrected chi connectivity index (χ4v) is 1.23. The molecule has 12 heavy (non-hydrogen) atoms. The monoisotopic (exact) mass is 163 g/mol. The molecule has 0 atom stereocenters. The van der Waals surface area contributed by atoms with Crippen LogP contribution in [-0.2, 0) is 11.2 Å². The highest BCUT2D eigenvalue weighted by atomic mass is 19.2. The van der Waals surface area contributed by atoms with Crippen molar-refractivity contribution in [3.63, 3.8) is 0 Å². The van der Waals surface area contributed by atoms with Crippen molar-refractivity contribution in [1.82, 2.24) is 0 Å². The van der Waals surface area contributed by atoms with Crippen LogP contribution in [0.3, 0.4) is 0 Å². The number of para-hydroxylation sites is 1. The minimum absolute atomic E-state index is 0.247. The Morgan fingerprint density at radius 2 is 2.17 bits per heavy atom. The van der Waals surface area contributed by atoms with Crippen LogP contribution in [0.15, 0.2) is 24.3 Å². The van der Waals surface area contributed by atoms with E-state index in [-0.39, 0.29) is 17.3 Å². The molecule has 2 radical (unpaired) electrons. The predicted octanol–water partition coefficient (Wildman–Crippen LogP) is 1.54. The van der Waals surface area contributed by atoms with Crippen LogP contribution in [0.4, 0.5) is 10.2 Å². The number of nitrogens with zero attached hydrogens (tertiary/aromatic N) is 1. The molecule has 1 aromatic carbocycles. The number of hydrogen-bond acceptors (Lipinski definition) is 2. The second-order valence-electron chi connectivity index (χ2n) is 2.62. The van der Waals surface area contributed by atoms with Crippen LogP contribution in [0.2, 0.25) is 0 Å². The molecule has 0 aromatic heterocycles. The summed E-state index contributed by atoms with van der Waals surface area (Å²) in [6, 6.07) is 6.86. The molecule has 2 nitrogen and oxygen atoms in total. The van der Waals surface area contributed by atoms with Crippen LogP contribution < -0.4 is 5.12 Å². The van der Waals surface area contributed by atoms with E-state index in [0.29, 0.717) is 11.3 Å². The molecular weight excluding hydrogens is 157 g/mol. The lowest BCUT2D eigenvalue weighted by atomic mass is 10.0. The standard InChI is InChI=1S/C9H6FNO/c10-11-6-8(12)5-7-3-1-2-4-9(7)11/h1-4H,5H2. The minimum atomic E-state index is -0.323. The third-order valence-electron chi connectivity index (χ3n) is 1.78. The maximum Gasteiger partial charge on any atom is 0.202 e. The summed E-state index contributed by atoms with van der Waals surface area (Å²) in [5, 5.41) is 0.251. The van der Waals surface area contributed by atoms with Gasteiger partial charge >= 0.3 is 0 Å². The van der Waals surface area contributed by atoms with Crippen molar-refractivity contribution in [3.8, 4) is 0 Å². The largest absolute Gasteiger partial charge is 0.296 e. The van der Waals surface area contributed by atoms with Gasteiger partial charge in [-0.05, 0) is 11.6 Å². The lowest BCUT2D eigenvalue weighted by molar-refractivity contribution is -0.115. The molecule has 1 aliphatic heterocycles. The summed E-state index contributed by atoms with van der Waals surface area (Å²) in [5.74, 6) is -0.323. The lowest BCUT2D eigenvalue weighted by Gasteiger charge is -2.19. The Labute approximate surface area is 69.5 Å². The molecule has 1 aromatic rings. The van der Waals surface area contributed by atoms with Crippen LogP contribution in [0.1, 0.15) is 5.56 Å². The minimum Gasteiger partial charge on any atom is -0.296 e. The van der Waals surface area contributed by atoms with Crippen LogP contribution in [-0.4, -0.2) is 5.78 Å². The number of anilines is 1. The van der Waals surface area contributed by atoms with Gasteiger partial charge in [0.2, 0.25) is 6.54 Å². The van der Waals surface area contributed by atoms with Gasteiger partial charge < -0.3 is 0 Å². The van der Waals surface area contributed by atoms with Crippen molar-refractivity contribution in [2.75, 3.05) is 5.12 Å². The van der Waals surface area contributed by atoms with Crippen molar-refractivity contribution in [2.45, 2.75) is 6.42 Å². The molecular formula is C9H6FNO. The topological polar surface area (TPSA) is 20.3 Å². The van der Waals surface area contributed by atoms with Gasteiger partial charge in [0.15, 0.2) is 5.78 Å². The van der Waals surface area contributed by atoms with Crippen molar-refractivity contribution in [1.29, 1.82) is 0 Å². The molecule has 1 aliphatic rings. The molecule has 0 fully saturated rings. The van der Waals surface area contributed by atoms with Gasteiger partial charge in [-0.1, -0.05) is 22.7 Å². The summed E-state index contributed by atoms with van der Waals surface area (Å²) in [7, 11) is 0. The van der Waals surface area contributed by atoms with Gasteiger partial charge in [-0.25, -0.2) is 0 Å². The van der Waals surface area contributed by atoms with Gasteiger partial charge in [0.1, 0.15) is 0 Å². The molecule has 0 saturated heterocycles. The molecule has 2 rings (SSSR count). The van der Waals surface area contributed by atoms with Crippen LogP contribution in [0.5, 0.6) is 0 Å². The Morgan fingerprint density at radius 3 is 3.00 bits per heavy atom. The van der Waals surface area contributed by atoms with E-state index in [1.807, 2.05) is 0 Å². The van der Waals surface area contributed by atoms with Crippen molar-refractivity contribution < 1.29 is 9.28 Å². The molecule has 0 N–H and O–H groups in total. The highest BCUT2D eigenvalue weighted by Gasteiger charge is 2.22. The van der Waals surface area contributed by atoms with Gasteiger partial charge in [-0.3, -0.25) is 4.79 Å².